The number of halogens is 1. The third-order valence-electron chi connectivity index (χ3n) is 8.29. The number of hydrogen-bond donors (Lipinski definition) is 0. The summed E-state index contributed by atoms with van der Waals surface area (Å²) >= 11 is 0. The van der Waals surface area contributed by atoms with Gasteiger partial charge >= 0.3 is 0 Å². The van der Waals surface area contributed by atoms with E-state index in [1.807, 2.05) is 13.0 Å². The number of benzene rings is 1. The number of nitrogens with zero attached hydrogens (tertiary/aromatic N) is 1. The lowest BCUT2D eigenvalue weighted by molar-refractivity contribution is 0.0746. The standard InChI is InChI=1S/C32H48FNO/c1-10-29(35-21-32(11-2,12-3)13-4)17-15-22(5)25(8)34-26(9)31-20-30(31)24(7)18-27-19-28(33)16-14-23(27)6/h14-19,25,30-31H,10-13,20-21H2,1-9H3. The van der Waals surface area contributed by atoms with Crippen LogP contribution in [0.15, 0.2) is 52.2 Å². The SMILES string of the molecule is CCC(=CC=C(C)C(C)N=C(C)C1CC1C(C)=Cc1cc(F)ccc1C)OCC(CC)(CC)CC. The van der Waals surface area contributed by atoms with Gasteiger partial charge in [-0.1, -0.05) is 51.5 Å². The van der Waals surface area contributed by atoms with Crippen LogP contribution in [0.5, 0.6) is 0 Å². The van der Waals surface area contributed by atoms with Gasteiger partial charge < -0.3 is 4.74 Å². The van der Waals surface area contributed by atoms with E-state index < -0.39 is 0 Å². The first-order chi connectivity index (χ1) is 16.6. The van der Waals surface area contributed by atoms with Gasteiger partial charge in [0.25, 0.3) is 0 Å². The molecule has 35 heavy (non-hydrogen) atoms. The van der Waals surface area contributed by atoms with E-state index in [9.17, 15) is 4.39 Å². The average molecular weight is 482 g/mol. The summed E-state index contributed by atoms with van der Waals surface area (Å²) in [6.07, 6.45) is 11.9. The van der Waals surface area contributed by atoms with Crippen molar-refractivity contribution in [1.82, 2.24) is 0 Å². The first kappa shape index (κ1) is 29.1. The molecule has 0 radical (unpaired) electrons. The van der Waals surface area contributed by atoms with Crippen molar-refractivity contribution in [3.8, 4) is 0 Å². The van der Waals surface area contributed by atoms with Gasteiger partial charge in [-0.05, 0) is 101 Å². The van der Waals surface area contributed by atoms with Crippen molar-refractivity contribution in [3.63, 3.8) is 0 Å². The fourth-order valence-electron chi connectivity index (χ4n) is 4.72. The van der Waals surface area contributed by atoms with Crippen LogP contribution >= 0.6 is 0 Å². The van der Waals surface area contributed by atoms with Crippen LogP contribution in [0.3, 0.4) is 0 Å². The van der Waals surface area contributed by atoms with Gasteiger partial charge in [0.2, 0.25) is 0 Å². The molecular formula is C32H48FNO. The van der Waals surface area contributed by atoms with Crippen LogP contribution in [0.25, 0.3) is 6.08 Å². The molecule has 1 aliphatic carbocycles. The monoisotopic (exact) mass is 481 g/mol. The number of aryl methyl sites for hydroxylation is 1. The Bertz CT molecular complexity index is 956. The van der Waals surface area contributed by atoms with Crippen molar-refractivity contribution in [2.45, 2.75) is 100 Å². The van der Waals surface area contributed by atoms with Gasteiger partial charge in [0.15, 0.2) is 0 Å². The topological polar surface area (TPSA) is 21.6 Å². The molecule has 0 amide bonds. The summed E-state index contributed by atoms with van der Waals surface area (Å²) in [6.45, 7) is 20.4. The molecular weight excluding hydrogens is 433 g/mol. The molecule has 194 valence electrons. The van der Waals surface area contributed by atoms with Crippen molar-refractivity contribution >= 4 is 11.8 Å². The number of rotatable bonds is 13. The molecule has 0 heterocycles. The van der Waals surface area contributed by atoms with Gasteiger partial charge in [0.05, 0.1) is 18.4 Å². The lowest BCUT2D eigenvalue weighted by atomic mass is 9.81. The Morgan fingerprint density at radius 2 is 1.74 bits per heavy atom. The summed E-state index contributed by atoms with van der Waals surface area (Å²) < 4.78 is 19.9. The zero-order chi connectivity index (χ0) is 26.2. The van der Waals surface area contributed by atoms with Crippen LogP contribution in [-0.4, -0.2) is 18.4 Å². The Hall–Kier alpha value is -2.16. The second kappa shape index (κ2) is 13.2. The maximum Gasteiger partial charge on any atom is 0.123 e. The van der Waals surface area contributed by atoms with Crippen LogP contribution < -0.4 is 0 Å². The molecule has 1 aromatic rings. The molecule has 2 rings (SSSR count). The molecule has 1 saturated carbocycles. The Morgan fingerprint density at radius 1 is 1.09 bits per heavy atom. The minimum absolute atomic E-state index is 0.140. The van der Waals surface area contributed by atoms with Crippen molar-refractivity contribution in [3.05, 3.63) is 64.2 Å². The van der Waals surface area contributed by atoms with E-state index in [1.165, 1.54) is 22.9 Å². The molecule has 0 saturated heterocycles. The Morgan fingerprint density at radius 3 is 2.34 bits per heavy atom. The predicted molar refractivity (Wildman–Crippen MR) is 150 cm³/mol. The van der Waals surface area contributed by atoms with Gasteiger partial charge in [-0.15, -0.1) is 0 Å². The first-order valence-corrected chi connectivity index (χ1v) is 13.6. The molecule has 0 spiro atoms. The van der Waals surface area contributed by atoms with E-state index in [0.717, 1.165) is 55.6 Å². The van der Waals surface area contributed by atoms with Crippen LogP contribution in [0.1, 0.15) is 98.6 Å². The molecule has 1 fully saturated rings. The highest BCUT2D eigenvalue weighted by Crippen LogP contribution is 2.46. The molecule has 1 aromatic carbocycles. The average Bonchev–Trinajstić information content (AvgIpc) is 3.65. The van der Waals surface area contributed by atoms with Crippen molar-refractivity contribution in [2.75, 3.05) is 6.61 Å². The van der Waals surface area contributed by atoms with Gasteiger partial charge in [-0.3, -0.25) is 4.99 Å². The lowest BCUT2D eigenvalue weighted by Crippen LogP contribution is -2.24. The quantitative estimate of drug-likeness (QED) is 0.156. The number of ether oxygens (including phenoxy) is 1. The largest absolute Gasteiger partial charge is 0.497 e. The minimum Gasteiger partial charge on any atom is -0.497 e. The van der Waals surface area contributed by atoms with Crippen molar-refractivity contribution in [2.24, 2.45) is 22.2 Å². The summed E-state index contributed by atoms with van der Waals surface area (Å²) in [4.78, 5) is 5.03. The Balaban J connectivity index is 2.01. The smallest absolute Gasteiger partial charge is 0.123 e. The van der Waals surface area contributed by atoms with E-state index in [4.69, 9.17) is 9.73 Å². The lowest BCUT2D eigenvalue weighted by Gasteiger charge is -2.30. The molecule has 2 nitrogen and oxygen atoms in total. The molecule has 3 unspecified atom stereocenters. The Kier molecular flexibility index (Phi) is 11.0. The summed E-state index contributed by atoms with van der Waals surface area (Å²) in [7, 11) is 0. The normalized spacial score (nSPS) is 20.7. The predicted octanol–water partition coefficient (Wildman–Crippen LogP) is 9.50. The molecule has 0 aliphatic heterocycles. The summed E-state index contributed by atoms with van der Waals surface area (Å²) in [5.41, 5.74) is 6.14. The summed E-state index contributed by atoms with van der Waals surface area (Å²) in [5, 5.41) is 0. The van der Waals surface area contributed by atoms with Crippen molar-refractivity contribution < 1.29 is 9.13 Å². The summed E-state index contributed by atoms with van der Waals surface area (Å²) in [6, 6.07) is 5.14. The van der Waals surface area contributed by atoms with Gasteiger partial charge in [0, 0.05) is 23.5 Å². The summed E-state index contributed by atoms with van der Waals surface area (Å²) in [5.74, 6) is 1.87. The number of aliphatic imine (C=N–C) groups is 1. The molecule has 0 aromatic heterocycles. The van der Waals surface area contributed by atoms with Crippen LogP contribution in [0, 0.1) is 30.0 Å². The fraction of sp³-hybridized carbons (Fsp3) is 0.594. The first-order valence-electron chi connectivity index (χ1n) is 13.6. The van der Waals surface area contributed by atoms with Crippen LogP contribution in [0.4, 0.5) is 4.39 Å². The molecule has 1 aliphatic rings. The third kappa shape index (κ3) is 8.19. The van der Waals surface area contributed by atoms with E-state index in [2.05, 4.69) is 73.6 Å². The van der Waals surface area contributed by atoms with Gasteiger partial charge in [-0.25, -0.2) is 4.39 Å². The number of allylic oxidation sites excluding steroid dienone is 4. The molecule has 3 heteroatoms. The Labute approximate surface area is 214 Å². The van der Waals surface area contributed by atoms with Gasteiger partial charge in [0.1, 0.15) is 5.82 Å². The molecule has 3 atom stereocenters. The van der Waals surface area contributed by atoms with E-state index in [-0.39, 0.29) is 17.3 Å². The highest BCUT2D eigenvalue weighted by Gasteiger charge is 2.40. The van der Waals surface area contributed by atoms with Crippen LogP contribution in [0.2, 0.25) is 0 Å². The maximum atomic E-state index is 13.7. The zero-order valence-corrected chi connectivity index (χ0v) is 23.7. The maximum absolute atomic E-state index is 13.7. The third-order valence-corrected chi connectivity index (χ3v) is 8.29. The highest BCUT2D eigenvalue weighted by atomic mass is 19.1. The van der Waals surface area contributed by atoms with Gasteiger partial charge in [-0.2, -0.15) is 0 Å². The zero-order valence-electron chi connectivity index (χ0n) is 23.7. The minimum atomic E-state index is -0.179. The van der Waals surface area contributed by atoms with Crippen molar-refractivity contribution in [1.29, 1.82) is 0 Å². The molecule has 0 bridgehead atoms. The van der Waals surface area contributed by atoms with E-state index in [0.29, 0.717) is 11.8 Å². The van der Waals surface area contributed by atoms with E-state index in [1.54, 1.807) is 6.07 Å². The van der Waals surface area contributed by atoms with E-state index >= 15 is 0 Å². The fourth-order valence-corrected chi connectivity index (χ4v) is 4.72. The van der Waals surface area contributed by atoms with Crippen LogP contribution in [-0.2, 0) is 4.74 Å². The number of hydrogen-bond acceptors (Lipinski definition) is 2. The second-order valence-electron chi connectivity index (χ2n) is 10.5. The second-order valence-corrected chi connectivity index (χ2v) is 10.5. The highest BCUT2D eigenvalue weighted by molar-refractivity contribution is 5.88. The molecule has 0 N–H and O–H groups in total.